The van der Waals surface area contributed by atoms with Gasteiger partial charge in [0.15, 0.2) is 11.5 Å². The van der Waals surface area contributed by atoms with Crippen LogP contribution < -0.4 is 15.4 Å². The number of hydrogen-bond donors (Lipinski definition) is 1. The number of ether oxygens (including phenoxy) is 2. The molecule has 1 aliphatic heterocycles. The van der Waals surface area contributed by atoms with Crippen LogP contribution in [0.2, 0.25) is 5.02 Å². The van der Waals surface area contributed by atoms with Crippen LogP contribution in [0.3, 0.4) is 0 Å². The van der Waals surface area contributed by atoms with Gasteiger partial charge in [0.2, 0.25) is 6.79 Å². The molecule has 5 heteroatoms. The minimum absolute atomic E-state index is 0.210. The lowest BCUT2D eigenvalue weighted by Crippen LogP contribution is -2.01. The van der Waals surface area contributed by atoms with Crippen LogP contribution in [0.1, 0.15) is 11.1 Å². The van der Waals surface area contributed by atoms with Crippen molar-refractivity contribution < 1.29 is 14.3 Å². The number of benzene rings is 1. The number of rotatable bonds is 2. The second-order valence-corrected chi connectivity index (χ2v) is 3.41. The molecule has 1 aromatic carbocycles. The normalized spacial score (nSPS) is 13.4. The third-order valence-corrected chi connectivity index (χ3v) is 2.56. The highest BCUT2D eigenvalue weighted by atomic mass is 35.5. The summed E-state index contributed by atoms with van der Waals surface area (Å²) in [6, 6.07) is 1.86. The van der Waals surface area contributed by atoms with E-state index in [1.54, 1.807) is 0 Å². The Morgan fingerprint density at radius 2 is 2.36 bits per heavy atom. The predicted octanol–water partition coefficient (Wildman–Crippen LogP) is 1.77. The van der Waals surface area contributed by atoms with E-state index in [0.29, 0.717) is 16.5 Å². The first-order valence-electron chi connectivity index (χ1n) is 4.13. The van der Waals surface area contributed by atoms with E-state index in [2.05, 4.69) is 4.84 Å². The first kappa shape index (κ1) is 9.58. The van der Waals surface area contributed by atoms with Gasteiger partial charge in [0.25, 0.3) is 0 Å². The Bertz CT molecular complexity index is 368. The van der Waals surface area contributed by atoms with E-state index in [0.717, 1.165) is 11.1 Å². The Labute approximate surface area is 86.5 Å². The van der Waals surface area contributed by atoms with Crippen molar-refractivity contribution in [3.8, 4) is 11.5 Å². The van der Waals surface area contributed by atoms with E-state index in [1.165, 1.54) is 0 Å². The molecule has 0 aromatic heterocycles. The summed E-state index contributed by atoms with van der Waals surface area (Å²) in [5.41, 5.74) is 1.81. The molecule has 1 heterocycles. The smallest absolute Gasteiger partial charge is 0.231 e. The average Bonchev–Trinajstić information content (AvgIpc) is 2.60. The van der Waals surface area contributed by atoms with Gasteiger partial charge in [-0.2, -0.15) is 0 Å². The SMILES string of the molecule is Cc1cc2c(c(Cl)c1CON)OCO2. The average molecular weight is 216 g/mol. The second-order valence-electron chi connectivity index (χ2n) is 3.03. The Morgan fingerprint density at radius 3 is 3.07 bits per heavy atom. The maximum atomic E-state index is 6.10. The zero-order valence-corrected chi connectivity index (χ0v) is 8.43. The summed E-state index contributed by atoms with van der Waals surface area (Å²) in [6.45, 7) is 2.39. The van der Waals surface area contributed by atoms with Crippen molar-refractivity contribution in [3.63, 3.8) is 0 Å². The fourth-order valence-corrected chi connectivity index (χ4v) is 1.77. The largest absolute Gasteiger partial charge is 0.454 e. The lowest BCUT2D eigenvalue weighted by molar-refractivity contribution is 0.123. The molecule has 0 radical (unpaired) electrons. The van der Waals surface area contributed by atoms with Crippen molar-refractivity contribution in [1.82, 2.24) is 0 Å². The fourth-order valence-electron chi connectivity index (χ4n) is 1.42. The molecule has 0 saturated carbocycles. The fraction of sp³-hybridized carbons (Fsp3) is 0.333. The summed E-state index contributed by atoms with van der Waals surface area (Å²) in [5.74, 6) is 6.26. The molecule has 0 spiro atoms. The van der Waals surface area contributed by atoms with Crippen molar-refractivity contribution in [3.05, 3.63) is 22.2 Å². The molecule has 0 atom stereocenters. The molecular formula is C9H10ClNO3. The van der Waals surface area contributed by atoms with Crippen molar-refractivity contribution in [2.45, 2.75) is 13.5 Å². The van der Waals surface area contributed by atoms with Gasteiger partial charge in [0.1, 0.15) is 0 Å². The first-order chi connectivity index (χ1) is 6.74. The van der Waals surface area contributed by atoms with Gasteiger partial charge >= 0.3 is 0 Å². The van der Waals surface area contributed by atoms with Crippen molar-refractivity contribution >= 4 is 11.6 Å². The zero-order valence-electron chi connectivity index (χ0n) is 7.67. The van der Waals surface area contributed by atoms with Gasteiger partial charge < -0.3 is 9.47 Å². The van der Waals surface area contributed by atoms with Gasteiger partial charge in [0.05, 0.1) is 11.6 Å². The van der Waals surface area contributed by atoms with Crippen LogP contribution in [0.15, 0.2) is 6.07 Å². The summed E-state index contributed by atoms with van der Waals surface area (Å²) in [5, 5.41) is 0.517. The van der Waals surface area contributed by atoms with Gasteiger partial charge in [-0.15, -0.1) is 0 Å². The monoisotopic (exact) mass is 215 g/mol. The van der Waals surface area contributed by atoms with Gasteiger partial charge in [-0.25, -0.2) is 5.90 Å². The van der Waals surface area contributed by atoms with Crippen LogP contribution in [0.25, 0.3) is 0 Å². The number of nitrogens with two attached hydrogens (primary N) is 1. The van der Waals surface area contributed by atoms with E-state index in [1.807, 2.05) is 13.0 Å². The number of hydrogen-bond acceptors (Lipinski definition) is 4. The summed E-state index contributed by atoms with van der Waals surface area (Å²) >= 11 is 6.10. The van der Waals surface area contributed by atoms with Crippen molar-refractivity contribution in [2.75, 3.05) is 6.79 Å². The van der Waals surface area contributed by atoms with E-state index < -0.39 is 0 Å². The highest BCUT2D eigenvalue weighted by molar-refractivity contribution is 6.33. The summed E-state index contributed by atoms with van der Waals surface area (Å²) in [6.07, 6.45) is 0. The van der Waals surface area contributed by atoms with Gasteiger partial charge in [-0.05, 0) is 18.6 Å². The van der Waals surface area contributed by atoms with Gasteiger partial charge in [-0.1, -0.05) is 11.6 Å². The summed E-state index contributed by atoms with van der Waals surface area (Å²) in [7, 11) is 0. The van der Waals surface area contributed by atoms with Crippen LogP contribution in [0.4, 0.5) is 0 Å². The number of halogens is 1. The van der Waals surface area contributed by atoms with Crippen LogP contribution in [-0.4, -0.2) is 6.79 Å². The molecule has 0 fully saturated rings. The molecule has 0 bridgehead atoms. The Morgan fingerprint density at radius 1 is 1.57 bits per heavy atom. The summed E-state index contributed by atoms with van der Waals surface area (Å²) < 4.78 is 10.4. The van der Waals surface area contributed by atoms with Crippen LogP contribution in [0, 0.1) is 6.92 Å². The lowest BCUT2D eigenvalue weighted by atomic mass is 10.1. The third-order valence-electron chi connectivity index (χ3n) is 2.16. The second kappa shape index (κ2) is 3.65. The molecular weight excluding hydrogens is 206 g/mol. The highest BCUT2D eigenvalue weighted by Crippen LogP contribution is 2.42. The minimum atomic E-state index is 0.210. The lowest BCUT2D eigenvalue weighted by Gasteiger charge is -2.09. The Balaban J connectivity index is 2.51. The molecule has 1 aliphatic rings. The molecule has 2 rings (SSSR count). The number of aryl methyl sites for hydroxylation is 1. The predicted molar refractivity (Wildman–Crippen MR) is 51.3 cm³/mol. The molecule has 0 saturated heterocycles. The molecule has 14 heavy (non-hydrogen) atoms. The standard InChI is InChI=1S/C9H10ClNO3/c1-5-2-7-9(13-4-12-7)8(10)6(5)3-14-11/h2H,3-4,11H2,1H3. The highest BCUT2D eigenvalue weighted by Gasteiger charge is 2.21. The molecule has 76 valence electrons. The van der Waals surface area contributed by atoms with E-state index >= 15 is 0 Å². The Kier molecular flexibility index (Phi) is 2.50. The van der Waals surface area contributed by atoms with Crippen molar-refractivity contribution in [1.29, 1.82) is 0 Å². The van der Waals surface area contributed by atoms with Crippen LogP contribution in [0.5, 0.6) is 11.5 Å². The van der Waals surface area contributed by atoms with E-state index in [9.17, 15) is 0 Å². The van der Waals surface area contributed by atoms with Crippen LogP contribution in [-0.2, 0) is 11.4 Å². The van der Waals surface area contributed by atoms with E-state index in [-0.39, 0.29) is 13.4 Å². The quantitative estimate of drug-likeness (QED) is 0.764. The third kappa shape index (κ3) is 1.41. The molecule has 2 N–H and O–H groups in total. The summed E-state index contributed by atoms with van der Waals surface area (Å²) in [4.78, 5) is 4.57. The molecule has 4 nitrogen and oxygen atoms in total. The van der Waals surface area contributed by atoms with Crippen LogP contribution >= 0.6 is 11.6 Å². The van der Waals surface area contributed by atoms with Crippen molar-refractivity contribution in [2.24, 2.45) is 5.90 Å². The minimum Gasteiger partial charge on any atom is -0.454 e. The molecule has 0 amide bonds. The molecule has 0 aliphatic carbocycles. The molecule has 0 unspecified atom stereocenters. The number of fused-ring (bicyclic) bond motifs is 1. The zero-order chi connectivity index (χ0) is 10.1. The van der Waals surface area contributed by atoms with Gasteiger partial charge in [-0.3, -0.25) is 4.84 Å². The van der Waals surface area contributed by atoms with Gasteiger partial charge in [0, 0.05) is 5.56 Å². The molecule has 1 aromatic rings. The first-order valence-corrected chi connectivity index (χ1v) is 4.51. The maximum absolute atomic E-state index is 6.10. The topological polar surface area (TPSA) is 53.7 Å². The maximum Gasteiger partial charge on any atom is 0.231 e. The Hall–Kier alpha value is -0.970. The van der Waals surface area contributed by atoms with E-state index in [4.69, 9.17) is 27.0 Å².